The first-order chi connectivity index (χ1) is 14.1. The Hall–Kier alpha value is -2.55. The van der Waals surface area contributed by atoms with E-state index in [2.05, 4.69) is 0 Å². The lowest BCUT2D eigenvalue weighted by atomic mass is 9.89. The Morgan fingerprint density at radius 2 is 2.03 bits per heavy atom. The molecular formula is C21H22F3N3O3. The number of aromatic nitrogens is 1. The van der Waals surface area contributed by atoms with E-state index in [1.54, 1.807) is 11.8 Å². The average Bonchev–Trinajstić information content (AvgIpc) is 3.22. The van der Waals surface area contributed by atoms with Crippen molar-refractivity contribution in [3.05, 3.63) is 39.4 Å². The van der Waals surface area contributed by atoms with Crippen molar-refractivity contribution in [2.75, 3.05) is 18.0 Å². The normalized spacial score (nSPS) is 32.6. The summed E-state index contributed by atoms with van der Waals surface area (Å²) in [6, 6.07) is 0.371. The molecule has 2 aliphatic carbocycles. The number of nitrogens with zero attached hydrogens (tertiary/aromatic N) is 2. The summed E-state index contributed by atoms with van der Waals surface area (Å²) in [5.74, 6) is -2.20. The Labute approximate surface area is 170 Å². The number of anilines is 1. The summed E-state index contributed by atoms with van der Waals surface area (Å²) in [6.07, 6.45) is 1.65. The maximum Gasteiger partial charge on any atom is 0.341 e. The second kappa shape index (κ2) is 6.00. The van der Waals surface area contributed by atoms with Crippen molar-refractivity contribution < 1.29 is 23.1 Å². The van der Waals surface area contributed by atoms with Gasteiger partial charge in [0.05, 0.1) is 29.3 Å². The Balaban J connectivity index is 1.73. The molecule has 2 saturated carbocycles. The van der Waals surface area contributed by atoms with Gasteiger partial charge in [-0.2, -0.15) is 0 Å². The fourth-order valence-corrected chi connectivity index (χ4v) is 5.38. The molecular weight excluding hydrogens is 399 g/mol. The molecule has 1 aromatic heterocycles. The zero-order chi connectivity index (χ0) is 21.6. The van der Waals surface area contributed by atoms with Crippen LogP contribution >= 0.6 is 0 Å². The van der Waals surface area contributed by atoms with Crippen LogP contribution in [-0.4, -0.2) is 46.1 Å². The molecule has 3 aliphatic rings. The van der Waals surface area contributed by atoms with Gasteiger partial charge in [0.1, 0.15) is 23.2 Å². The van der Waals surface area contributed by atoms with Crippen LogP contribution in [0.25, 0.3) is 10.9 Å². The first-order valence-corrected chi connectivity index (χ1v) is 10.0. The van der Waals surface area contributed by atoms with E-state index in [-0.39, 0.29) is 36.1 Å². The van der Waals surface area contributed by atoms with E-state index < -0.39 is 46.2 Å². The van der Waals surface area contributed by atoms with Gasteiger partial charge in [-0.15, -0.1) is 0 Å². The Morgan fingerprint density at radius 1 is 1.33 bits per heavy atom. The predicted molar refractivity (Wildman–Crippen MR) is 105 cm³/mol. The third kappa shape index (κ3) is 2.47. The van der Waals surface area contributed by atoms with Crippen molar-refractivity contribution in [3.63, 3.8) is 0 Å². The molecule has 0 radical (unpaired) electrons. The highest BCUT2D eigenvalue weighted by molar-refractivity contribution is 5.95. The zero-order valence-electron chi connectivity index (χ0n) is 16.4. The van der Waals surface area contributed by atoms with Gasteiger partial charge in [0.2, 0.25) is 5.43 Å². The summed E-state index contributed by atoms with van der Waals surface area (Å²) in [5, 5.41) is 9.25. The molecule has 0 amide bonds. The van der Waals surface area contributed by atoms with Gasteiger partial charge in [-0.05, 0) is 37.8 Å². The largest absolute Gasteiger partial charge is 0.477 e. The van der Waals surface area contributed by atoms with Crippen molar-refractivity contribution in [2.24, 2.45) is 5.73 Å². The minimum absolute atomic E-state index is 0.0562. The first-order valence-electron chi connectivity index (χ1n) is 10.0. The summed E-state index contributed by atoms with van der Waals surface area (Å²) in [7, 11) is 0. The van der Waals surface area contributed by atoms with E-state index in [0.717, 1.165) is 12.3 Å². The second-order valence-corrected chi connectivity index (χ2v) is 8.96. The number of hydrogen-bond acceptors (Lipinski definition) is 4. The van der Waals surface area contributed by atoms with E-state index in [9.17, 15) is 19.1 Å². The lowest BCUT2D eigenvalue weighted by Crippen LogP contribution is -2.53. The van der Waals surface area contributed by atoms with Crippen molar-refractivity contribution in [1.82, 2.24) is 4.57 Å². The van der Waals surface area contributed by atoms with Crippen LogP contribution in [0.1, 0.15) is 47.6 Å². The van der Waals surface area contributed by atoms with Crippen LogP contribution in [0.4, 0.5) is 18.9 Å². The van der Waals surface area contributed by atoms with Crippen LogP contribution in [0.3, 0.4) is 0 Å². The number of hydrogen-bond donors (Lipinski definition) is 2. The van der Waals surface area contributed by atoms with Crippen LogP contribution in [0.5, 0.6) is 0 Å². The summed E-state index contributed by atoms with van der Waals surface area (Å²) < 4.78 is 45.9. The van der Waals surface area contributed by atoms with Gasteiger partial charge in [0.25, 0.3) is 0 Å². The molecule has 2 heterocycles. The fourth-order valence-electron chi connectivity index (χ4n) is 5.38. The van der Waals surface area contributed by atoms with E-state index in [4.69, 9.17) is 5.73 Å². The van der Waals surface area contributed by atoms with E-state index in [1.165, 1.54) is 4.57 Å². The molecule has 3 N–H and O–H groups in total. The molecule has 4 atom stereocenters. The molecule has 5 rings (SSSR count). The standard InChI is InChI=1S/C21H22F3N3O3/c1-10-16-11(18(28)12(19(29)30)7-27(16)15-6-13(15)22)5-14(23)17(10)26-8-20(24)3-2-4-21(20,25)9-26/h5,7,13,15H,2-4,6,8-9,25H2,1H3,(H,29,30). The number of benzene rings is 1. The zero-order valence-corrected chi connectivity index (χ0v) is 16.4. The SMILES string of the molecule is Cc1c(N2CC3(N)CCCC3(F)C2)c(F)cc2c(=O)c(C(=O)O)cn(C3CC3F)c12. The number of fused-ring (bicyclic) bond motifs is 2. The second-order valence-electron chi connectivity index (χ2n) is 8.96. The van der Waals surface area contributed by atoms with Gasteiger partial charge < -0.3 is 20.3 Å². The third-order valence-electron chi connectivity index (χ3n) is 7.07. The molecule has 4 unspecified atom stereocenters. The smallest absolute Gasteiger partial charge is 0.341 e. The average molecular weight is 421 g/mol. The van der Waals surface area contributed by atoms with Crippen LogP contribution in [0.15, 0.2) is 17.1 Å². The van der Waals surface area contributed by atoms with Gasteiger partial charge in [0, 0.05) is 24.5 Å². The van der Waals surface area contributed by atoms with Crippen LogP contribution in [0.2, 0.25) is 0 Å². The lowest BCUT2D eigenvalue weighted by Gasteiger charge is -2.27. The molecule has 1 saturated heterocycles. The Bertz CT molecular complexity index is 1150. The summed E-state index contributed by atoms with van der Waals surface area (Å²) in [6.45, 7) is 1.67. The topological polar surface area (TPSA) is 88.6 Å². The van der Waals surface area contributed by atoms with Gasteiger partial charge in [-0.3, -0.25) is 4.79 Å². The maximum atomic E-state index is 15.4. The van der Waals surface area contributed by atoms with Crippen LogP contribution in [-0.2, 0) is 0 Å². The number of carboxylic acids is 1. The number of aromatic carboxylic acids is 1. The number of alkyl halides is 2. The van der Waals surface area contributed by atoms with Crippen molar-refractivity contribution in [1.29, 1.82) is 0 Å². The molecule has 2 aromatic rings. The number of halogens is 3. The summed E-state index contributed by atoms with van der Waals surface area (Å²) >= 11 is 0. The van der Waals surface area contributed by atoms with E-state index >= 15 is 8.78 Å². The highest BCUT2D eigenvalue weighted by Crippen LogP contribution is 2.49. The highest BCUT2D eigenvalue weighted by atomic mass is 19.1. The van der Waals surface area contributed by atoms with E-state index in [0.29, 0.717) is 24.8 Å². The summed E-state index contributed by atoms with van der Waals surface area (Å²) in [5.41, 5.74) is 3.04. The number of pyridine rings is 1. The highest BCUT2D eigenvalue weighted by Gasteiger charge is 2.60. The fraction of sp³-hybridized carbons (Fsp3) is 0.524. The monoisotopic (exact) mass is 421 g/mol. The summed E-state index contributed by atoms with van der Waals surface area (Å²) in [4.78, 5) is 25.8. The van der Waals surface area contributed by atoms with Crippen LogP contribution in [0, 0.1) is 12.7 Å². The van der Waals surface area contributed by atoms with Crippen molar-refractivity contribution >= 4 is 22.6 Å². The quantitative estimate of drug-likeness (QED) is 0.796. The molecule has 1 aromatic carbocycles. The van der Waals surface area contributed by atoms with Gasteiger partial charge >= 0.3 is 5.97 Å². The number of carbonyl (C=O) groups is 1. The minimum Gasteiger partial charge on any atom is -0.477 e. The van der Waals surface area contributed by atoms with Gasteiger partial charge in [-0.25, -0.2) is 18.0 Å². The van der Waals surface area contributed by atoms with Gasteiger partial charge in [0.15, 0.2) is 0 Å². The van der Waals surface area contributed by atoms with Crippen molar-refractivity contribution in [3.8, 4) is 0 Å². The molecule has 9 heteroatoms. The molecule has 3 fully saturated rings. The van der Waals surface area contributed by atoms with E-state index in [1.807, 2.05) is 0 Å². The molecule has 160 valence electrons. The lowest BCUT2D eigenvalue weighted by molar-refractivity contribution is 0.0694. The predicted octanol–water partition coefficient (Wildman–Crippen LogP) is 2.84. The Kier molecular flexibility index (Phi) is 3.88. The number of carboxylic acid groups (broad SMARTS) is 1. The number of nitrogens with two attached hydrogens (primary N) is 1. The number of aryl methyl sites for hydroxylation is 1. The first kappa shape index (κ1) is 19.4. The van der Waals surface area contributed by atoms with Crippen molar-refractivity contribution in [2.45, 2.75) is 56.0 Å². The Morgan fingerprint density at radius 3 is 2.63 bits per heavy atom. The molecule has 0 spiro atoms. The van der Waals surface area contributed by atoms with Gasteiger partial charge in [-0.1, -0.05) is 0 Å². The molecule has 6 nitrogen and oxygen atoms in total. The molecule has 30 heavy (non-hydrogen) atoms. The molecule has 0 bridgehead atoms. The molecule has 1 aliphatic heterocycles. The number of rotatable bonds is 3. The van der Waals surface area contributed by atoms with Crippen LogP contribution < -0.4 is 16.1 Å². The minimum atomic E-state index is -1.62. The third-order valence-corrected chi connectivity index (χ3v) is 7.07. The maximum absolute atomic E-state index is 15.4.